The first-order valence-corrected chi connectivity index (χ1v) is 10.1. The van der Waals surface area contributed by atoms with Gasteiger partial charge in [0, 0.05) is 33.3 Å². The summed E-state index contributed by atoms with van der Waals surface area (Å²) in [5.41, 5.74) is 0. The number of methoxy groups -OCH3 is 1. The summed E-state index contributed by atoms with van der Waals surface area (Å²) in [5.74, 6) is 1.09. The topological polar surface area (TPSA) is 88.8 Å². The molecule has 1 aromatic heterocycles. The van der Waals surface area contributed by atoms with Crippen LogP contribution in [0.1, 0.15) is 50.4 Å². The van der Waals surface area contributed by atoms with Gasteiger partial charge in [0.25, 0.3) is 0 Å². The van der Waals surface area contributed by atoms with Crippen LogP contribution in [-0.2, 0) is 21.4 Å². The third-order valence-corrected chi connectivity index (χ3v) is 7.38. The molecular weight excluding hydrogens is 332 g/mol. The summed E-state index contributed by atoms with van der Waals surface area (Å²) in [6.45, 7) is 5.15. The van der Waals surface area contributed by atoms with Crippen LogP contribution >= 0.6 is 0 Å². The van der Waals surface area contributed by atoms with E-state index < -0.39 is 10.0 Å². The molecule has 3 rings (SSSR count). The molecule has 1 unspecified atom stereocenters. The van der Waals surface area contributed by atoms with E-state index in [1.165, 1.54) is 0 Å². The Morgan fingerprint density at radius 2 is 1.92 bits per heavy atom. The Balaban J connectivity index is 1.57. The zero-order valence-electron chi connectivity index (χ0n) is 14.3. The zero-order valence-corrected chi connectivity index (χ0v) is 15.2. The minimum atomic E-state index is -3.14. The fourth-order valence-electron chi connectivity index (χ4n) is 3.50. The smallest absolute Gasteiger partial charge is 0.243 e. The van der Waals surface area contributed by atoms with E-state index in [0.717, 1.165) is 25.9 Å². The van der Waals surface area contributed by atoms with Crippen molar-refractivity contribution in [1.82, 2.24) is 19.3 Å². The van der Waals surface area contributed by atoms with Gasteiger partial charge in [-0.05, 0) is 32.6 Å². The van der Waals surface area contributed by atoms with Crippen LogP contribution < -0.4 is 0 Å². The molecule has 0 bridgehead atoms. The lowest BCUT2D eigenvalue weighted by Gasteiger charge is -2.35. The predicted octanol–water partition coefficient (Wildman–Crippen LogP) is 1.17. The van der Waals surface area contributed by atoms with E-state index in [0.29, 0.717) is 44.3 Å². The van der Waals surface area contributed by atoms with E-state index in [1.54, 1.807) is 11.4 Å². The molecule has 2 saturated heterocycles. The van der Waals surface area contributed by atoms with Crippen LogP contribution in [0.3, 0.4) is 0 Å². The molecule has 2 aliphatic rings. The van der Waals surface area contributed by atoms with Crippen molar-refractivity contribution in [2.24, 2.45) is 0 Å². The highest BCUT2D eigenvalue weighted by Crippen LogP contribution is 2.28. The molecule has 3 heterocycles. The lowest BCUT2D eigenvalue weighted by Crippen LogP contribution is -2.45. The fourth-order valence-corrected chi connectivity index (χ4v) is 5.49. The second kappa shape index (κ2) is 7.47. The van der Waals surface area contributed by atoms with E-state index in [1.807, 2.05) is 6.92 Å². The molecule has 24 heavy (non-hydrogen) atoms. The van der Waals surface area contributed by atoms with Gasteiger partial charge >= 0.3 is 0 Å². The molecule has 2 aliphatic heterocycles. The number of aromatic nitrogens is 2. The Labute approximate surface area is 143 Å². The Kier molecular flexibility index (Phi) is 5.53. The van der Waals surface area contributed by atoms with Gasteiger partial charge in [0.15, 0.2) is 5.82 Å². The van der Waals surface area contributed by atoms with Crippen molar-refractivity contribution in [3.05, 3.63) is 11.7 Å². The van der Waals surface area contributed by atoms with Crippen LogP contribution in [0.15, 0.2) is 4.52 Å². The summed E-state index contributed by atoms with van der Waals surface area (Å²) in [4.78, 5) is 6.54. The molecule has 0 spiro atoms. The average molecular weight is 358 g/mol. The van der Waals surface area contributed by atoms with Gasteiger partial charge in [-0.2, -0.15) is 4.98 Å². The Bertz CT molecular complexity index is 634. The van der Waals surface area contributed by atoms with E-state index in [-0.39, 0.29) is 11.3 Å². The van der Waals surface area contributed by atoms with E-state index in [4.69, 9.17) is 9.26 Å². The summed E-state index contributed by atoms with van der Waals surface area (Å²) in [6, 6.07) is -0.0152. The van der Waals surface area contributed by atoms with Crippen molar-refractivity contribution in [2.75, 3.05) is 33.3 Å². The quantitative estimate of drug-likeness (QED) is 0.754. The molecule has 0 radical (unpaired) electrons. The highest BCUT2D eigenvalue weighted by molar-refractivity contribution is 7.89. The Morgan fingerprint density at radius 1 is 1.25 bits per heavy atom. The number of rotatable bonds is 6. The number of hydrogen-bond acceptors (Lipinski definition) is 7. The monoisotopic (exact) mass is 358 g/mol. The number of likely N-dealkylation sites (tertiary alicyclic amines) is 1. The molecule has 2 fully saturated rings. The Hall–Kier alpha value is -1.03. The van der Waals surface area contributed by atoms with Crippen molar-refractivity contribution in [2.45, 2.75) is 50.5 Å². The minimum Gasteiger partial charge on any atom is -0.377 e. The van der Waals surface area contributed by atoms with Gasteiger partial charge in [0.1, 0.15) is 6.61 Å². The molecule has 136 valence electrons. The van der Waals surface area contributed by atoms with E-state index >= 15 is 0 Å². The van der Waals surface area contributed by atoms with Crippen LogP contribution in [0, 0.1) is 0 Å². The summed E-state index contributed by atoms with van der Waals surface area (Å²) < 4.78 is 37.3. The zero-order chi connectivity index (χ0) is 17.2. The van der Waals surface area contributed by atoms with Gasteiger partial charge in [0.05, 0.1) is 11.3 Å². The van der Waals surface area contributed by atoms with Crippen molar-refractivity contribution in [3.8, 4) is 0 Å². The first-order chi connectivity index (χ1) is 11.5. The molecular formula is C15H26N4O4S. The second-order valence-corrected chi connectivity index (χ2v) is 8.76. The summed E-state index contributed by atoms with van der Waals surface area (Å²) >= 11 is 0. The maximum absolute atomic E-state index is 12.7. The minimum absolute atomic E-state index is 0.0152. The number of hydrogen-bond donors (Lipinski definition) is 0. The van der Waals surface area contributed by atoms with Gasteiger partial charge < -0.3 is 9.26 Å². The maximum atomic E-state index is 12.7. The maximum Gasteiger partial charge on any atom is 0.243 e. The molecule has 1 atom stereocenters. The first-order valence-electron chi connectivity index (χ1n) is 8.57. The van der Waals surface area contributed by atoms with Gasteiger partial charge in [-0.15, -0.1) is 0 Å². The SMILES string of the molecule is COCc1noc(C(C)N2CCC(S(=O)(=O)N3CCCC3)CC2)n1. The van der Waals surface area contributed by atoms with Crippen LogP contribution in [0.4, 0.5) is 0 Å². The lowest BCUT2D eigenvalue weighted by molar-refractivity contribution is 0.145. The molecule has 0 aliphatic carbocycles. The van der Waals surface area contributed by atoms with Crippen LogP contribution in [-0.4, -0.2) is 66.3 Å². The van der Waals surface area contributed by atoms with Crippen LogP contribution in [0.5, 0.6) is 0 Å². The third-order valence-electron chi connectivity index (χ3n) is 4.99. The first kappa shape index (κ1) is 17.8. The van der Waals surface area contributed by atoms with E-state index in [9.17, 15) is 8.42 Å². The molecule has 0 saturated carbocycles. The standard InChI is InChI=1S/C15H26N4O4S/c1-12(15-16-14(11-22-2)17-23-15)18-9-5-13(6-10-18)24(20,21)19-7-3-4-8-19/h12-13H,3-11H2,1-2H3. The van der Waals surface area contributed by atoms with Crippen molar-refractivity contribution in [1.29, 1.82) is 0 Å². The van der Waals surface area contributed by atoms with Crippen molar-refractivity contribution in [3.63, 3.8) is 0 Å². The van der Waals surface area contributed by atoms with Gasteiger partial charge in [-0.25, -0.2) is 12.7 Å². The normalized spacial score (nSPS) is 22.9. The molecule has 8 nitrogen and oxygen atoms in total. The summed E-state index contributed by atoms with van der Waals surface area (Å²) in [6.07, 6.45) is 3.27. The van der Waals surface area contributed by atoms with Crippen molar-refractivity contribution >= 4 is 10.0 Å². The third kappa shape index (κ3) is 3.63. The molecule has 1 aromatic rings. The van der Waals surface area contributed by atoms with Crippen molar-refractivity contribution < 1.29 is 17.7 Å². The Morgan fingerprint density at radius 3 is 2.54 bits per heavy atom. The number of piperidine rings is 1. The fraction of sp³-hybridized carbons (Fsp3) is 0.867. The van der Waals surface area contributed by atoms with Gasteiger partial charge in [-0.3, -0.25) is 4.90 Å². The summed E-state index contributed by atoms with van der Waals surface area (Å²) in [7, 11) is -1.55. The highest BCUT2D eigenvalue weighted by atomic mass is 32.2. The highest BCUT2D eigenvalue weighted by Gasteiger charge is 2.37. The van der Waals surface area contributed by atoms with Gasteiger partial charge in [-0.1, -0.05) is 5.16 Å². The number of nitrogens with zero attached hydrogens (tertiary/aromatic N) is 4. The molecule has 0 N–H and O–H groups in total. The molecule has 0 amide bonds. The second-order valence-electron chi connectivity index (χ2n) is 6.54. The molecule has 0 aromatic carbocycles. The molecule has 9 heteroatoms. The average Bonchev–Trinajstić information content (AvgIpc) is 3.27. The number of sulfonamides is 1. The lowest BCUT2D eigenvalue weighted by atomic mass is 10.1. The largest absolute Gasteiger partial charge is 0.377 e. The van der Waals surface area contributed by atoms with Crippen LogP contribution in [0.25, 0.3) is 0 Å². The van der Waals surface area contributed by atoms with Crippen LogP contribution in [0.2, 0.25) is 0 Å². The summed E-state index contributed by atoms with van der Waals surface area (Å²) in [5, 5.41) is 3.63. The number of ether oxygens (including phenoxy) is 1. The van der Waals surface area contributed by atoms with Gasteiger partial charge in [0.2, 0.25) is 15.9 Å². The predicted molar refractivity (Wildman–Crippen MR) is 87.7 cm³/mol. The van der Waals surface area contributed by atoms with E-state index in [2.05, 4.69) is 15.0 Å².